The first-order valence-corrected chi connectivity index (χ1v) is 6.17. The molecule has 0 heterocycles. The van der Waals surface area contributed by atoms with Crippen LogP contribution in [0.3, 0.4) is 0 Å². The van der Waals surface area contributed by atoms with E-state index in [4.69, 9.17) is 0 Å². The molecule has 0 aliphatic heterocycles. The number of hydrogen-bond donors (Lipinski definition) is 1. The lowest BCUT2D eigenvalue weighted by molar-refractivity contribution is 0.214. The van der Waals surface area contributed by atoms with Gasteiger partial charge in [-0.15, -0.1) is 0 Å². The minimum absolute atomic E-state index is 0.0591. The molecule has 2 rings (SSSR count). The van der Waals surface area contributed by atoms with E-state index in [2.05, 4.69) is 15.9 Å². The van der Waals surface area contributed by atoms with Gasteiger partial charge in [0.2, 0.25) is 0 Å². The molecule has 0 amide bonds. The fourth-order valence-electron chi connectivity index (χ4n) is 1.73. The Balaban J connectivity index is 2.46. The molecule has 2 aromatic carbocycles. The van der Waals surface area contributed by atoms with E-state index in [9.17, 15) is 13.9 Å². The molecule has 0 saturated carbocycles. The summed E-state index contributed by atoms with van der Waals surface area (Å²) in [6, 6.07) is 8.98. The van der Waals surface area contributed by atoms with Crippen LogP contribution < -0.4 is 0 Å². The number of aliphatic hydroxyl groups excluding tert-OH is 1. The average Bonchev–Trinajstić information content (AvgIpc) is 2.33. The molecule has 1 nitrogen and oxygen atoms in total. The van der Waals surface area contributed by atoms with Crippen molar-refractivity contribution in [2.75, 3.05) is 0 Å². The molecule has 94 valence electrons. The molecule has 2 aromatic rings. The number of aryl methyl sites for hydroxylation is 1. The summed E-state index contributed by atoms with van der Waals surface area (Å²) < 4.78 is 27.9. The van der Waals surface area contributed by atoms with Gasteiger partial charge in [-0.05, 0) is 42.3 Å². The summed E-state index contributed by atoms with van der Waals surface area (Å²) in [6.07, 6.45) is -1.18. The zero-order valence-corrected chi connectivity index (χ0v) is 11.2. The second kappa shape index (κ2) is 5.16. The first kappa shape index (κ1) is 13.2. The van der Waals surface area contributed by atoms with Crippen LogP contribution in [-0.4, -0.2) is 5.11 Å². The van der Waals surface area contributed by atoms with Crippen molar-refractivity contribution in [2.45, 2.75) is 13.0 Å². The highest BCUT2D eigenvalue weighted by Crippen LogP contribution is 2.27. The SMILES string of the molecule is Cc1cc(F)c(C(O)c2cccc(Br)c2)cc1F. The highest BCUT2D eigenvalue weighted by molar-refractivity contribution is 9.10. The third-order valence-corrected chi connectivity index (χ3v) is 3.23. The molecule has 0 aliphatic rings. The fraction of sp³-hybridized carbons (Fsp3) is 0.143. The number of hydrogen-bond acceptors (Lipinski definition) is 1. The smallest absolute Gasteiger partial charge is 0.129 e. The molecular weight excluding hydrogens is 302 g/mol. The van der Waals surface area contributed by atoms with Gasteiger partial charge in [0.1, 0.15) is 17.7 Å². The van der Waals surface area contributed by atoms with E-state index in [0.717, 1.165) is 16.6 Å². The van der Waals surface area contributed by atoms with Gasteiger partial charge in [0.05, 0.1) is 0 Å². The molecule has 1 unspecified atom stereocenters. The van der Waals surface area contributed by atoms with Crippen molar-refractivity contribution < 1.29 is 13.9 Å². The van der Waals surface area contributed by atoms with Gasteiger partial charge >= 0.3 is 0 Å². The van der Waals surface area contributed by atoms with Crippen LogP contribution in [0.5, 0.6) is 0 Å². The summed E-state index contributed by atoms with van der Waals surface area (Å²) in [5.41, 5.74) is 0.667. The van der Waals surface area contributed by atoms with Crippen LogP contribution in [0.4, 0.5) is 8.78 Å². The summed E-state index contributed by atoms with van der Waals surface area (Å²) in [5.74, 6) is -1.14. The average molecular weight is 313 g/mol. The zero-order valence-electron chi connectivity index (χ0n) is 9.62. The molecule has 0 radical (unpaired) electrons. The summed E-state index contributed by atoms with van der Waals surface area (Å²) in [6.45, 7) is 1.48. The number of benzene rings is 2. The lowest BCUT2D eigenvalue weighted by atomic mass is 10.00. The van der Waals surface area contributed by atoms with E-state index in [1.165, 1.54) is 6.92 Å². The second-order valence-corrected chi connectivity index (χ2v) is 5.00. The van der Waals surface area contributed by atoms with Gasteiger partial charge in [-0.1, -0.05) is 28.1 Å². The molecule has 4 heteroatoms. The maximum Gasteiger partial charge on any atom is 0.129 e. The van der Waals surface area contributed by atoms with E-state index in [1.54, 1.807) is 24.3 Å². The van der Waals surface area contributed by atoms with Crippen molar-refractivity contribution in [3.05, 3.63) is 69.2 Å². The number of halogens is 3. The predicted octanol–water partition coefficient (Wildman–Crippen LogP) is 4.12. The maximum atomic E-state index is 13.7. The monoisotopic (exact) mass is 312 g/mol. The quantitative estimate of drug-likeness (QED) is 0.884. The van der Waals surface area contributed by atoms with E-state index in [1.807, 2.05) is 0 Å². The Kier molecular flexibility index (Phi) is 3.78. The van der Waals surface area contributed by atoms with E-state index >= 15 is 0 Å². The molecule has 1 N–H and O–H groups in total. The molecule has 0 aliphatic carbocycles. The minimum Gasteiger partial charge on any atom is -0.384 e. The van der Waals surface area contributed by atoms with Gasteiger partial charge in [0.15, 0.2) is 0 Å². The Morgan fingerprint density at radius 2 is 1.83 bits per heavy atom. The van der Waals surface area contributed by atoms with Gasteiger partial charge in [0, 0.05) is 10.0 Å². The zero-order chi connectivity index (χ0) is 13.3. The summed E-state index contributed by atoms with van der Waals surface area (Å²) in [4.78, 5) is 0. The van der Waals surface area contributed by atoms with Crippen LogP contribution in [0.1, 0.15) is 22.8 Å². The van der Waals surface area contributed by atoms with Gasteiger partial charge < -0.3 is 5.11 Å². The van der Waals surface area contributed by atoms with Crippen molar-refractivity contribution in [3.63, 3.8) is 0 Å². The van der Waals surface area contributed by atoms with E-state index < -0.39 is 17.7 Å². The van der Waals surface area contributed by atoms with Crippen LogP contribution >= 0.6 is 15.9 Å². The Labute approximate surface area is 112 Å². The van der Waals surface area contributed by atoms with Crippen LogP contribution in [0, 0.1) is 18.6 Å². The Morgan fingerprint density at radius 3 is 2.50 bits per heavy atom. The number of rotatable bonds is 2. The topological polar surface area (TPSA) is 20.2 Å². The molecule has 0 fully saturated rings. The van der Waals surface area contributed by atoms with Gasteiger partial charge in [-0.25, -0.2) is 8.78 Å². The lowest BCUT2D eigenvalue weighted by Crippen LogP contribution is -2.04. The first-order valence-electron chi connectivity index (χ1n) is 5.38. The molecule has 1 atom stereocenters. The second-order valence-electron chi connectivity index (χ2n) is 4.08. The fourth-order valence-corrected chi connectivity index (χ4v) is 2.14. The molecular formula is C14H11BrF2O. The third-order valence-electron chi connectivity index (χ3n) is 2.74. The van der Waals surface area contributed by atoms with Crippen LogP contribution in [0.2, 0.25) is 0 Å². The molecule has 0 aromatic heterocycles. The molecule has 0 saturated heterocycles. The van der Waals surface area contributed by atoms with Crippen molar-refractivity contribution in [1.29, 1.82) is 0 Å². The highest BCUT2D eigenvalue weighted by atomic mass is 79.9. The Hall–Kier alpha value is -1.26. The van der Waals surface area contributed by atoms with Crippen molar-refractivity contribution in [2.24, 2.45) is 0 Å². The maximum absolute atomic E-state index is 13.7. The summed E-state index contributed by atoms with van der Waals surface area (Å²) in [5, 5.41) is 10.1. The standard InChI is InChI=1S/C14H11BrF2O/c1-8-5-13(17)11(7-12(8)16)14(18)9-3-2-4-10(15)6-9/h2-7,14,18H,1H3. The summed E-state index contributed by atoms with van der Waals surface area (Å²) in [7, 11) is 0. The van der Waals surface area contributed by atoms with Gasteiger partial charge in [-0.3, -0.25) is 0 Å². The van der Waals surface area contributed by atoms with Crippen LogP contribution in [0.25, 0.3) is 0 Å². The molecule has 0 bridgehead atoms. The molecule has 0 spiro atoms. The minimum atomic E-state index is -1.18. The van der Waals surface area contributed by atoms with Gasteiger partial charge in [0.25, 0.3) is 0 Å². The van der Waals surface area contributed by atoms with Crippen molar-refractivity contribution in [3.8, 4) is 0 Å². The largest absolute Gasteiger partial charge is 0.384 e. The normalized spacial score (nSPS) is 12.5. The Morgan fingerprint density at radius 1 is 1.11 bits per heavy atom. The third kappa shape index (κ3) is 2.60. The van der Waals surface area contributed by atoms with E-state index in [-0.39, 0.29) is 11.1 Å². The van der Waals surface area contributed by atoms with Crippen molar-refractivity contribution >= 4 is 15.9 Å². The van der Waals surface area contributed by atoms with Crippen LogP contribution in [0.15, 0.2) is 40.9 Å². The van der Waals surface area contributed by atoms with E-state index in [0.29, 0.717) is 5.56 Å². The summed E-state index contributed by atoms with van der Waals surface area (Å²) >= 11 is 3.27. The number of aliphatic hydroxyl groups is 1. The van der Waals surface area contributed by atoms with Crippen molar-refractivity contribution in [1.82, 2.24) is 0 Å². The molecule has 18 heavy (non-hydrogen) atoms. The van der Waals surface area contributed by atoms with Crippen LogP contribution in [-0.2, 0) is 0 Å². The predicted molar refractivity (Wildman–Crippen MR) is 69.3 cm³/mol. The van der Waals surface area contributed by atoms with Gasteiger partial charge in [-0.2, -0.15) is 0 Å². The Bertz CT molecular complexity index is 584. The lowest BCUT2D eigenvalue weighted by Gasteiger charge is -2.13. The first-order chi connectivity index (χ1) is 8.49. The highest BCUT2D eigenvalue weighted by Gasteiger charge is 2.17.